The Hall–Kier alpha value is -2.28. The number of hydrogen-bond donors (Lipinski definition) is 2. The highest BCUT2D eigenvalue weighted by Gasteiger charge is 2.19. The Kier molecular flexibility index (Phi) is 3.69. The minimum Gasteiger partial charge on any atom is -0.323 e. The van der Waals surface area contributed by atoms with Gasteiger partial charge in [-0.25, -0.2) is 14.6 Å². The lowest BCUT2D eigenvalue weighted by Gasteiger charge is -2.11. The monoisotopic (exact) mass is 272 g/mol. The van der Waals surface area contributed by atoms with Crippen LogP contribution in [0.25, 0.3) is 5.82 Å². The van der Waals surface area contributed by atoms with Gasteiger partial charge < -0.3 is 10.6 Å². The van der Waals surface area contributed by atoms with Crippen LogP contribution in [0.5, 0.6) is 0 Å². The maximum Gasteiger partial charge on any atom is 0.224 e. The molecule has 7 nitrogen and oxygen atoms in total. The number of carbonyl (C=O) groups excluding carboxylic acids is 1. The van der Waals surface area contributed by atoms with Gasteiger partial charge in [0.05, 0.1) is 5.69 Å². The third-order valence-corrected chi connectivity index (χ3v) is 3.33. The summed E-state index contributed by atoms with van der Waals surface area (Å²) in [6.45, 7) is 1.91. The Morgan fingerprint density at radius 2 is 2.50 bits per heavy atom. The molecule has 1 amide bonds. The molecule has 2 aromatic heterocycles. The van der Waals surface area contributed by atoms with Crippen LogP contribution >= 0.6 is 0 Å². The fraction of sp³-hybridized carbons (Fsp3) is 0.385. The van der Waals surface area contributed by atoms with Gasteiger partial charge in [0.15, 0.2) is 5.82 Å². The summed E-state index contributed by atoms with van der Waals surface area (Å²) in [5, 5.41) is 10.2. The zero-order chi connectivity index (χ0) is 13.8. The molecule has 2 aromatic rings. The van der Waals surface area contributed by atoms with Crippen molar-refractivity contribution in [1.29, 1.82) is 0 Å². The van der Waals surface area contributed by atoms with E-state index in [-0.39, 0.29) is 5.91 Å². The summed E-state index contributed by atoms with van der Waals surface area (Å²) in [6.07, 6.45) is 6.23. The SMILES string of the molecule is O=C(CC1CCNC1)Nc1cccnc1-n1cncn1. The Labute approximate surface area is 116 Å². The molecule has 1 saturated heterocycles. The second kappa shape index (κ2) is 5.79. The topological polar surface area (TPSA) is 84.7 Å². The summed E-state index contributed by atoms with van der Waals surface area (Å²) < 4.78 is 1.53. The summed E-state index contributed by atoms with van der Waals surface area (Å²) in [5.41, 5.74) is 0.647. The smallest absolute Gasteiger partial charge is 0.224 e. The number of nitrogens with zero attached hydrogens (tertiary/aromatic N) is 4. The molecule has 0 saturated carbocycles. The van der Waals surface area contributed by atoms with Gasteiger partial charge in [-0.3, -0.25) is 4.79 Å². The summed E-state index contributed by atoms with van der Waals surface area (Å²) in [7, 11) is 0. The molecule has 0 aromatic carbocycles. The zero-order valence-corrected chi connectivity index (χ0v) is 11.0. The normalized spacial score (nSPS) is 18.1. The van der Waals surface area contributed by atoms with Crippen molar-refractivity contribution in [2.24, 2.45) is 5.92 Å². The second-order valence-electron chi connectivity index (χ2n) is 4.83. The summed E-state index contributed by atoms with van der Waals surface area (Å²) in [6, 6.07) is 3.60. The molecule has 1 unspecified atom stereocenters. The lowest BCUT2D eigenvalue weighted by atomic mass is 10.0. The van der Waals surface area contributed by atoms with Gasteiger partial charge >= 0.3 is 0 Å². The first-order chi connectivity index (χ1) is 9.83. The van der Waals surface area contributed by atoms with Crippen LogP contribution < -0.4 is 10.6 Å². The Morgan fingerprint density at radius 3 is 3.25 bits per heavy atom. The van der Waals surface area contributed by atoms with Crippen molar-refractivity contribution in [3.63, 3.8) is 0 Å². The molecule has 0 bridgehead atoms. The van der Waals surface area contributed by atoms with E-state index in [4.69, 9.17) is 0 Å². The minimum absolute atomic E-state index is 0.00747. The predicted octanol–water partition coefficient (Wildman–Crippen LogP) is 0.600. The first-order valence-electron chi connectivity index (χ1n) is 6.63. The Bertz CT molecular complexity index is 576. The van der Waals surface area contributed by atoms with Crippen LogP contribution in [0.2, 0.25) is 0 Å². The van der Waals surface area contributed by atoms with Gasteiger partial charge in [0.25, 0.3) is 0 Å². The molecule has 104 valence electrons. The van der Waals surface area contributed by atoms with Crippen LogP contribution in [-0.2, 0) is 4.79 Å². The van der Waals surface area contributed by atoms with Gasteiger partial charge in [-0.05, 0) is 37.6 Å². The molecule has 0 aliphatic carbocycles. The van der Waals surface area contributed by atoms with E-state index in [9.17, 15) is 4.79 Å². The van der Waals surface area contributed by atoms with Gasteiger partial charge in [-0.2, -0.15) is 5.10 Å². The maximum absolute atomic E-state index is 12.1. The van der Waals surface area contributed by atoms with E-state index < -0.39 is 0 Å². The third kappa shape index (κ3) is 2.83. The standard InChI is InChI=1S/C13H16N6O/c20-12(6-10-3-5-14-7-10)18-11-2-1-4-16-13(11)19-9-15-8-17-19/h1-2,4,8-10,14H,3,5-7H2,(H,18,20). The average molecular weight is 272 g/mol. The molecule has 1 aliphatic heterocycles. The van der Waals surface area contributed by atoms with Gasteiger partial charge in [0.1, 0.15) is 12.7 Å². The van der Waals surface area contributed by atoms with Gasteiger partial charge in [-0.15, -0.1) is 0 Å². The number of hydrogen-bond acceptors (Lipinski definition) is 5. The number of rotatable bonds is 4. The van der Waals surface area contributed by atoms with Crippen LogP contribution in [0.3, 0.4) is 0 Å². The number of anilines is 1. The van der Waals surface area contributed by atoms with Crippen molar-refractivity contribution in [3.8, 4) is 5.82 Å². The molecule has 20 heavy (non-hydrogen) atoms. The van der Waals surface area contributed by atoms with Crippen molar-refractivity contribution in [1.82, 2.24) is 25.1 Å². The fourth-order valence-corrected chi connectivity index (χ4v) is 2.35. The van der Waals surface area contributed by atoms with Crippen LogP contribution in [0, 0.1) is 5.92 Å². The van der Waals surface area contributed by atoms with Crippen LogP contribution in [-0.4, -0.2) is 38.7 Å². The lowest BCUT2D eigenvalue weighted by molar-refractivity contribution is -0.116. The zero-order valence-electron chi connectivity index (χ0n) is 11.0. The summed E-state index contributed by atoms with van der Waals surface area (Å²) in [5.74, 6) is 0.998. The van der Waals surface area contributed by atoms with E-state index in [1.165, 1.54) is 11.0 Å². The van der Waals surface area contributed by atoms with Gasteiger partial charge in [0.2, 0.25) is 5.91 Å². The molecule has 3 rings (SSSR count). The minimum atomic E-state index is 0.00747. The third-order valence-electron chi connectivity index (χ3n) is 3.33. The fourth-order valence-electron chi connectivity index (χ4n) is 2.35. The first-order valence-corrected chi connectivity index (χ1v) is 6.63. The second-order valence-corrected chi connectivity index (χ2v) is 4.83. The molecule has 3 heterocycles. The first kappa shape index (κ1) is 12.7. The largest absolute Gasteiger partial charge is 0.323 e. The van der Waals surface area contributed by atoms with Crippen LogP contribution in [0.1, 0.15) is 12.8 Å². The maximum atomic E-state index is 12.1. The average Bonchev–Trinajstić information content (AvgIpc) is 3.11. The number of amides is 1. The van der Waals surface area contributed by atoms with E-state index >= 15 is 0 Å². The quantitative estimate of drug-likeness (QED) is 0.851. The van der Waals surface area contributed by atoms with Crippen molar-refractivity contribution < 1.29 is 4.79 Å². The Morgan fingerprint density at radius 1 is 1.55 bits per heavy atom. The molecule has 0 radical (unpaired) electrons. The van der Waals surface area contributed by atoms with Gasteiger partial charge in [0, 0.05) is 12.6 Å². The van der Waals surface area contributed by atoms with Crippen molar-refractivity contribution in [2.75, 3.05) is 18.4 Å². The lowest BCUT2D eigenvalue weighted by Crippen LogP contribution is -2.19. The number of carbonyl (C=O) groups is 1. The van der Waals surface area contributed by atoms with Gasteiger partial charge in [-0.1, -0.05) is 0 Å². The molecule has 1 fully saturated rings. The summed E-state index contributed by atoms with van der Waals surface area (Å²) >= 11 is 0. The predicted molar refractivity (Wildman–Crippen MR) is 73.4 cm³/mol. The highest BCUT2D eigenvalue weighted by Crippen LogP contribution is 2.18. The number of nitrogens with one attached hydrogen (secondary N) is 2. The molecular formula is C13H16N6O. The van der Waals surface area contributed by atoms with E-state index in [0.717, 1.165) is 19.5 Å². The summed E-state index contributed by atoms with van der Waals surface area (Å²) in [4.78, 5) is 20.2. The molecule has 1 aliphatic rings. The van der Waals surface area contributed by atoms with E-state index in [0.29, 0.717) is 23.8 Å². The van der Waals surface area contributed by atoms with Crippen molar-refractivity contribution in [2.45, 2.75) is 12.8 Å². The molecular weight excluding hydrogens is 256 g/mol. The number of aromatic nitrogens is 4. The van der Waals surface area contributed by atoms with Crippen molar-refractivity contribution >= 4 is 11.6 Å². The molecule has 0 spiro atoms. The molecule has 2 N–H and O–H groups in total. The molecule has 7 heteroatoms. The van der Waals surface area contributed by atoms with Crippen LogP contribution in [0.15, 0.2) is 31.0 Å². The Balaban J connectivity index is 1.72. The van der Waals surface area contributed by atoms with E-state index in [1.54, 1.807) is 18.6 Å². The van der Waals surface area contributed by atoms with E-state index in [2.05, 4.69) is 25.7 Å². The van der Waals surface area contributed by atoms with E-state index in [1.807, 2.05) is 6.07 Å². The van der Waals surface area contributed by atoms with Crippen LogP contribution in [0.4, 0.5) is 5.69 Å². The highest BCUT2D eigenvalue weighted by atomic mass is 16.1. The number of pyridine rings is 1. The highest BCUT2D eigenvalue weighted by molar-refractivity contribution is 5.92. The van der Waals surface area contributed by atoms with Crippen molar-refractivity contribution in [3.05, 3.63) is 31.0 Å². The molecule has 1 atom stereocenters.